The molecular weight excluding hydrogens is 351 g/mol. The first kappa shape index (κ1) is 15.9. The van der Waals surface area contributed by atoms with Crippen LogP contribution < -0.4 is 0 Å². The van der Waals surface area contributed by atoms with Crippen LogP contribution in [0.25, 0.3) is 0 Å². The lowest BCUT2D eigenvalue weighted by Gasteiger charge is -2.08. The third-order valence-corrected chi connectivity index (χ3v) is 5.51. The number of rotatable bonds is 4. The standard InChI is InChI=1S/C10H7ClF3N3S3/c1-18-8-16-17-9(20-8)19-4-7-6(11)2-5(3-15-7)10(12,13)14/h2-3H,4H2,1H3. The minimum atomic E-state index is -4.44. The van der Waals surface area contributed by atoms with Crippen molar-refractivity contribution in [3.8, 4) is 0 Å². The lowest BCUT2D eigenvalue weighted by molar-refractivity contribution is -0.137. The van der Waals surface area contributed by atoms with Crippen LogP contribution in [0.5, 0.6) is 0 Å². The van der Waals surface area contributed by atoms with E-state index in [-0.39, 0.29) is 5.02 Å². The minimum absolute atomic E-state index is 0.00179. The van der Waals surface area contributed by atoms with E-state index < -0.39 is 11.7 Å². The maximum atomic E-state index is 12.5. The molecule has 108 valence electrons. The highest BCUT2D eigenvalue weighted by molar-refractivity contribution is 8.02. The number of hydrogen-bond donors (Lipinski definition) is 0. The second kappa shape index (κ2) is 6.50. The van der Waals surface area contributed by atoms with Crippen LogP contribution in [-0.4, -0.2) is 21.4 Å². The van der Waals surface area contributed by atoms with Crippen LogP contribution in [0.2, 0.25) is 5.02 Å². The fourth-order valence-electron chi connectivity index (χ4n) is 1.20. The molecule has 3 nitrogen and oxygen atoms in total. The highest BCUT2D eigenvalue weighted by Gasteiger charge is 2.31. The van der Waals surface area contributed by atoms with E-state index in [4.69, 9.17) is 11.6 Å². The topological polar surface area (TPSA) is 38.7 Å². The normalized spacial score (nSPS) is 11.8. The fourth-order valence-corrected chi connectivity index (χ4v) is 3.91. The number of thioether (sulfide) groups is 2. The molecule has 2 rings (SSSR count). The van der Waals surface area contributed by atoms with Crippen molar-refractivity contribution in [2.45, 2.75) is 20.6 Å². The van der Waals surface area contributed by atoms with Gasteiger partial charge < -0.3 is 0 Å². The van der Waals surface area contributed by atoms with E-state index in [9.17, 15) is 13.2 Å². The third-order valence-electron chi connectivity index (χ3n) is 2.14. The summed E-state index contributed by atoms with van der Waals surface area (Å²) in [7, 11) is 0. The molecule has 2 aromatic heterocycles. The molecule has 0 fully saturated rings. The highest BCUT2D eigenvalue weighted by Crippen LogP contribution is 2.34. The van der Waals surface area contributed by atoms with E-state index in [1.807, 2.05) is 6.26 Å². The maximum absolute atomic E-state index is 12.5. The van der Waals surface area contributed by atoms with Crippen molar-refractivity contribution < 1.29 is 13.2 Å². The Morgan fingerprint density at radius 2 is 2.00 bits per heavy atom. The van der Waals surface area contributed by atoms with Crippen molar-refractivity contribution in [1.29, 1.82) is 0 Å². The Balaban J connectivity index is 2.06. The molecule has 0 saturated heterocycles. The molecule has 0 atom stereocenters. The summed E-state index contributed by atoms with van der Waals surface area (Å²) < 4.78 is 39.0. The Hall–Kier alpha value is -0.510. The molecule has 0 aromatic carbocycles. The molecule has 0 unspecified atom stereocenters. The second-order valence-corrected chi connectivity index (χ2v) is 7.14. The maximum Gasteiger partial charge on any atom is 0.417 e. The number of pyridine rings is 1. The predicted octanol–water partition coefficient (Wildman–Crippen LogP) is 4.62. The summed E-state index contributed by atoms with van der Waals surface area (Å²) in [6.45, 7) is 0. The van der Waals surface area contributed by atoms with Gasteiger partial charge in [0.15, 0.2) is 8.68 Å². The Morgan fingerprint density at radius 3 is 2.55 bits per heavy atom. The van der Waals surface area contributed by atoms with Gasteiger partial charge in [0, 0.05) is 11.9 Å². The van der Waals surface area contributed by atoms with Crippen LogP contribution >= 0.6 is 46.5 Å². The van der Waals surface area contributed by atoms with Gasteiger partial charge in [0.2, 0.25) is 0 Å². The van der Waals surface area contributed by atoms with E-state index in [0.29, 0.717) is 11.4 Å². The average Bonchev–Trinajstić information content (AvgIpc) is 2.84. The third kappa shape index (κ3) is 4.00. The molecule has 0 aliphatic carbocycles. The lowest BCUT2D eigenvalue weighted by atomic mass is 10.2. The summed E-state index contributed by atoms with van der Waals surface area (Å²) in [6.07, 6.45) is -1.76. The summed E-state index contributed by atoms with van der Waals surface area (Å²) in [6, 6.07) is 0.887. The average molecular weight is 358 g/mol. The number of hydrogen-bond acceptors (Lipinski definition) is 6. The van der Waals surface area contributed by atoms with Crippen molar-refractivity contribution in [2.75, 3.05) is 6.26 Å². The van der Waals surface area contributed by atoms with E-state index in [2.05, 4.69) is 15.2 Å². The van der Waals surface area contributed by atoms with Crippen LogP contribution in [-0.2, 0) is 11.9 Å². The van der Waals surface area contributed by atoms with Crippen LogP contribution in [0.4, 0.5) is 13.2 Å². The lowest BCUT2D eigenvalue weighted by Crippen LogP contribution is -2.06. The molecule has 0 bridgehead atoms. The molecule has 0 N–H and O–H groups in total. The molecule has 2 heterocycles. The van der Waals surface area contributed by atoms with Crippen LogP contribution in [0, 0.1) is 0 Å². The van der Waals surface area contributed by atoms with Crippen LogP contribution in [0.1, 0.15) is 11.3 Å². The number of nitrogens with zero attached hydrogens (tertiary/aromatic N) is 3. The van der Waals surface area contributed by atoms with Gasteiger partial charge in [0.1, 0.15) is 0 Å². The van der Waals surface area contributed by atoms with Crippen LogP contribution in [0.15, 0.2) is 20.9 Å². The first-order valence-corrected chi connectivity index (χ1v) is 8.52. The van der Waals surface area contributed by atoms with E-state index in [1.165, 1.54) is 34.9 Å². The van der Waals surface area contributed by atoms with Gasteiger partial charge in [-0.3, -0.25) is 4.98 Å². The molecule has 0 radical (unpaired) electrons. The number of aromatic nitrogens is 3. The number of alkyl halides is 3. The molecule has 0 aliphatic rings. The quantitative estimate of drug-likeness (QED) is 0.746. The summed E-state index contributed by atoms with van der Waals surface area (Å²) in [5, 5.41) is 7.87. The van der Waals surface area contributed by atoms with Gasteiger partial charge in [-0.2, -0.15) is 13.2 Å². The first-order chi connectivity index (χ1) is 9.40. The van der Waals surface area contributed by atoms with E-state index in [0.717, 1.165) is 20.9 Å². The van der Waals surface area contributed by atoms with Gasteiger partial charge >= 0.3 is 6.18 Å². The zero-order valence-electron chi connectivity index (χ0n) is 9.94. The smallest absolute Gasteiger partial charge is 0.258 e. The Morgan fingerprint density at radius 1 is 1.30 bits per heavy atom. The first-order valence-electron chi connectivity index (χ1n) is 5.12. The van der Waals surface area contributed by atoms with Gasteiger partial charge in [-0.25, -0.2) is 0 Å². The highest BCUT2D eigenvalue weighted by atomic mass is 35.5. The van der Waals surface area contributed by atoms with E-state index in [1.54, 1.807) is 0 Å². The Bertz CT molecular complexity index is 603. The monoisotopic (exact) mass is 357 g/mol. The van der Waals surface area contributed by atoms with Gasteiger partial charge in [-0.15, -0.1) is 10.2 Å². The van der Waals surface area contributed by atoms with Crippen LogP contribution in [0.3, 0.4) is 0 Å². The Labute approximate surface area is 130 Å². The summed E-state index contributed by atoms with van der Waals surface area (Å²) >= 11 is 10.1. The van der Waals surface area contributed by atoms with Crippen molar-refractivity contribution in [3.05, 3.63) is 28.5 Å². The molecule has 20 heavy (non-hydrogen) atoms. The zero-order valence-corrected chi connectivity index (χ0v) is 13.1. The SMILES string of the molecule is CSc1nnc(SCc2ncc(C(F)(F)F)cc2Cl)s1. The Kier molecular flexibility index (Phi) is 5.16. The summed E-state index contributed by atoms with van der Waals surface area (Å²) in [5.74, 6) is 0.347. The molecule has 0 aliphatic heterocycles. The molecule has 10 heteroatoms. The van der Waals surface area contributed by atoms with Crippen molar-refractivity contribution >= 4 is 46.5 Å². The summed E-state index contributed by atoms with van der Waals surface area (Å²) in [5.41, 5.74) is -0.456. The predicted molar refractivity (Wildman–Crippen MR) is 75.5 cm³/mol. The van der Waals surface area contributed by atoms with Crippen molar-refractivity contribution in [2.24, 2.45) is 0 Å². The van der Waals surface area contributed by atoms with E-state index >= 15 is 0 Å². The minimum Gasteiger partial charge on any atom is -0.258 e. The fraction of sp³-hybridized carbons (Fsp3) is 0.300. The molecule has 0 amide bonds. The largest absolute Gasteiger partial charge is 0.417 e. The van der Waals surface area contributed by atoms with Gasteiger partial charge in [-0.1, -0.05) is 46.5 Å². The van der Waals surface area contributed by atoms with Gasteiger partial charge in [-0.05, 0) is 12.3 Å². The summed E-state index contributed by atoms with van der Waals surface area (Å²) in [4.78, 5) is 3.77. The molecular formula is C10H7ClF3N3S3. The van der Waals surface area contributed by atoms with Crippen molar-refractivity contribution in [1.82, 2.24) is 15.2 Å². The van der Waals surface area contributed by atoms with Gasteiger partial charge in [0.25, 0.3) is 0 Å². The van der Waals surface area contributed by atoms with Crippen molar-refractivity contribution in [3.63, 3.8) is 0 Å². The molecule has 0 saturated carbocycles. The van der Waals surface area contributed by atoms with Gasteiger partial charge in [0.05, 0.1) is 16.3 Å². The number of halogens is 4. The molecule has 2 aromatic rings. The second-order valence-electron chi connectivity index (χ2n) is 3.48. The molecule has 0 spiro atoms. The zero-order chi connectivity index (χ0) is 14.8.